The predicted octanol–water partition coefficient (Wildman–Crippen LogP) is 3.98. The molecule has 0 aliphatic rings. The minimum absolute atomic E-state index is 0.0179. The van der Waals surface area contributed by atoms with Crippen LogP contribution in [-0.2, 0) is 0 Å². The summed E-state index contributed by atoms with van der Waals surface area (Å²) in [4.78, 5) is 24.2. The molecule has 2 aromatic carbocycles. The lowest BCUT2D eigenvalue weighted by molar-refractivity contribution is 0.101. The molecule has 0 unspecified atom stereocenters. The molecule has 34 heavy (non-hydrogen) atoms. The number of anilines is 4. The number of H-pyrrole nitrogens is 1. The number of hydrogen-bond donors (Lipinski definition) is 3. The molecule has 0 atom stereocenters. The first-order valence-corrected chi connectivity index (χ1v) is 10.2. The number of Topliss-reactive ketones (excluding diaryl/α,β-unsaturated/α-hetero) is 1. The number of carbonyl (C=O) groups is 1. The van der Waals surface area contributed by atoms with Gasteiger partial charge in [-0.25, -0.2) is 9.97 Å². The van der Waals surface area contributed by atoms with Crippen molar-refractivity contribution in [1.29, 1.82) is 0 Å². The number of nitrogens with zero attached hydrogens (tertiary/aromatic N) is 4. The molecule has 0 amide bonds. The van der Waals surface area contributed by atoms with E-state index in [0.29, 0.717) is 46.2 Å². The highest BCUT2D eigenvalue weighted by atomic mass is 16.5. The second-order valence-electron chi connectivity index (χ2n) is 7.10. The Bertz CT molecular complexity index is 1280. The van der Waals surface area contributed by atoms with Gasteiger partial charge < -0.3 is 24.8 Å². The lowest BCUT2D eigenvalue weighted by atomic mass is 10.1. The van der Waals surface area contributed by atoms with Gasteiger partial charge in [0.15, 0.2) is 23.1 Å². The SMILES string of the molecule is COc1cc(Nc2ncnc(Nc3cc(-c4ccc(C(C)=O)cc4)[nH]n3)n2)cc(OC)c1OC. The Labute approximate surface area is 195 Å². The van der Waals surface area contributed by atoms with Crippen LogP contribution < -0.4 is 24.8 Å². The molecule has 0 bridgehead atoms. The van der Waals surface area contributed by atoms with Crippen LogP contribution in [0.4, 0.5) is 23.4 Å². The molecule has 11 nitrogen and oxygen atoms in total. The number of rotatable bonds is 9. The average Bonchev–Trinajstić information content (AvgIpc) is 3.32. The maximum absolute atomic E-state index is 11.5. The molecule has 0 spiro atoms. The van der Waals surface area contributed by atoms with E-state index in [2.05, 4.69) is 35.8 Å². The Morgan fingerprint density at radius 1 is 0.882 bits per heavy atom. The van der Waals surface area contributed by atoms with Crippen molar-refractivity contribution < 1.29 is 19.0 Å². The fourth-order valence-electron chi connectivity index (χ4n) is 3.23. The lowest BCUT2D eigenvalue weighted by Gasteiger charge is -2.14. The maximum Gasteiger partial charge on any atom is 0.233 e. The second-order valence-corrected chi connectivity index (χ2v) is 7.10. The lowest BCUT2D eigenvalue weighted by Crippen LogP contribution is -2.03. The van der Waals surface area contributed by atoms with E-state index in [1.54, 1.807) is 45.6 Å². The normalized spacial score (nSPS) is 10.5. The minimum atomic E-state index is 0.0179. The standard InChI is InChI=1S/C23H23N7O4/c1-13(31)14-5-7-15(8-6-14)17-11-20(30-29-17)27-23-25-12-24-22(28-23)26-16-9-18(32-2)21(34-4)19(10-16)33-3/h5-12H,1-4H3,(H3,24,25,26,27,28,29,30). The Kier molecular flexibility index (Phi) is 6.53. The zero-order valence-electron chi connectivity index (χ0n) is 19.0. The number of aromatic nitrogens is 5. The van der Waals surface area contributed by atoms with Crippen LogP contribution in [0.3, 0.4) is 0 Å². The van der Waals surface area contributed by atoms with E-state index < -0.39 is 0 Å². The zero-order valence-corrected chi connectivity index (χ0v) is 19.0. The molecule has 0 saturated heterocycles. The molecule has 4 aromatic rings. The van der Waals surface area contributed by atoms with Crippen LogP contribution in [0.2, 0.25) is 0 Å². The van der Waals surface area contributed by atoms with E-state index in [1.165, 1.54) is 13.3 Å². The molecular weight excluding hydrogens is 438 g/mol. The van der Waals surface area contributed by atoms with Gasteiger partial charge >= 0.3 is 0 Å². The van der Waals surface area contributed by atoms with Crippen molar-refractivity contribution in [2.45, 2.75) is 6.92 Å². The summed E-state index contributed by atoms with van der Waals surface area (Å²) in [6.45, 7) is 1.53. The van der Waals surface area contributed by atoms with Gasteiger partial charge in [0.05, 0.1) is 27.0 Å². The molecule has 2 aromatic heterocycles. The third-order valence-corrected chi connectivity index (χ3v) is 4.91. The highest BCUT2D eigenvalue weighted by molar-refractivity contribution is 5.94. The molecule has 0 radical (unpaired) electrons. The summed E-state index contributed by atoms with van der Waals surface area (Å²) in [5, 5.41) is 13.4. The van der Waals surface area contributed by atoms with Crippen LogP contribution in [0, 0.1) is 0 Å². The predicted molar refractivity (Wildman–Crippen MR) is 127 cm³/mol. The fraction of sp³-hybridized carbons (Fsp3) is 0.174. The van der Waals surface area contributed by atoms with Crippen molar-refractivity contribution in [3.63, 3.8) is 0 Å². The Morgan fingerprint density at radius 3 is 2.12 bits per heavy atom. The summed E-state index contributed by atoms with van der Waals surface area (Å²) in [6.07, 6.45) is 1.38. The first-order chi connectivity index (χ1) is 16.5. The van der Waals surface area contributed by atoms with Gasteiger partial charge in [0.2, 0.25) is 17.6 Å². The van der Waals surface area contributed by atoms with Gasteiger partial charge in [-0.3, -0.25) is 9.89 Å². The molecule has 2 heterocycles. The van der Waals surface area contributed by atoms with Gasteiger partial charge in [-0.1, -0.05) is 24.3 Å². The fourth-order valence-corrected chi connectivity index (χ4v) is 3.23. The van der Waals surface area contributed by atoms with Crippen LogP contribution in [-0.4, -0.2) is 52.3 Å². The van der Waals surface area contributed by atoms with Crippen LogP contribution in [0.5, 0.6) is 17.2 Å². The summed E-state index contributed by atoms with van der Waals surface area (Å²) in [5.74, 6) is 2.63. The van der Waals surface area contributed by atoms with Crippen molar-refractivity contribution in [1.82, 2.24) is 25.1 Å². The molecule has 11 heteroatoms. The molecule has 0 aliphatic heterocycles. The van der Waals surface area contributed by atoms with Gasteiger partial charge in [0.1, 0.15) is 6.33 Å². The van der Waals surface area contributed by atoms with E-state index in [4.69, 9.17) is 14.2 Å². The quantitative estimate of drug-likeness (QED) is 0.314. The number of nitrogens with one attached hydrogen (secondary N) is 3. The maximum atomic E-state index is 11.5. The van der Waals surface area contributed by atoms with Crippen molar-refractivity contribution in [3.05, 3.63) is 54.4 Å². The number of ether oxygens (including phenoxy) is 3. The van der Waals surface area contributed by atoms with Crippen LogP contribution in [0.15, 0.2) is 48.8 Å². The van der Waals surface area contributed by atoms with E-state index >= 15 is 0 Å². The molecule has 0 aliphatic carbocycles. The number of hydrogen-bond acceptors (Lipinski definition) is 10. The molecule has 174 valence electrons. The smallest absolute Gasteiger partial charge is 0.233 e. The number of aromatic amines is 1. The monoisotopic (exact) mass is 461 g/mol. The molecule has 3 N–H and O–H groups in total. The van der Waals surface area contributed by atoms with Gasteiger partial charge in [0, 0.05) is 29.4 Å². The second kappa shape index (κ2) is 9.86. The van der Waals surface area contributed by atoms with Gasteiger partial charge in [-0.2, -0.15) is 10.1 Å². The largest absolute Gasteiger partial charge is 0.493 e. The van der Waals surface area contributed by atoms with Crippen LogP contribution in [0.1, 0.15) is 17.3 Å². The Morgan fingerprint density at radius 2 is 1.53 bits per heavy atom. The van der Waals surface area contributed by atoms with Crippen molar-refractivity contribution in [2.24, 2.45) is 0 Å². The Balaban J connectivity index is 1.50. The van der Waals surface area contributed by atoms with E-state index in [1.807, 2.05) is 18.2 Å². The number of benzene rings is 2. The zero-order chi connectivity index (χ0) is 24.1. The molecule has 4 rings (SSSR count). The van der Waals surface area contributed by atoms with Crippen LogP contribution in [0.25, 0.3) is 11.3 Å². The number of carbonyl (C=O) groups excluding carboxylic acids is 1. The molecular formula is C23H23N7O4. The third kappa shape index (κ3) is 4.88. The van der Waals surface area contributed by atoms with E-state index in [0.717, 1.165) is 11.3 Å². The Hall–Kier alpha value is -4.67. The van der Waals surface area contributed by atoms with Crippen molar-refractivity contribution in [3.8, 4) is 28.5 Å². The number of ketones is 1. The van der Waals surface area contributed by atoms with Gasteiger partial charge in [0.25, 0.3) is 0 Å². The first-order valence-electron chi connectivity index (χ1n) is 10.2. The summed E-state index contributed by atoms with van der Waals surface area (Å²) < 4.78 is 16.1. The molecule has 0 fully saturated rings. The van der Waals surface area contributed by atoms with Gasteiger partial charge in [-0.15, -0.1) is 0 Å². The van der Waals surface area contributed by atoms with Crippen LogP contribution >= 0.6 is 0 Å². The summed E-state index contributed by atoms with van der Waals surface area (Å²) in [5.41, 5.74) is 2.97. The average molecular weight is 461 g/mol. The highest BCUT2D eigenvalue weighted by Gasteiger charge is 2.14. The first kappa shape index (κ1) is 22.5. The van der Waals surface area contributed by atoms with Gasteiger partial charge in [-0.05, 0) is 12.5 Å². The van der Waals surface area contributed by atoms with E-state index in [9.17, 15) is 4.79 Å². The summed E-state index contributed by atoms with van der Waals surface area (Å²) >= 11 is 0. The molecule has 0 saturated carbocycles. The topological polar surface area (TPSA) is 136 Å². The minimum Gasteiger partial charge on any atom is -0.493 e. The highest BCUT2D eigenvalue weighted by Crippen LogP contribution is 2.40. The van der Waals surface area contributed by atoms with E-state index in [-0.39, 0.29) is 5.78 Å². The third-order valence-electron chi connectivity index (χ3n) is 4.91. The van der Waals surface area contributed by atoms with Crippen molar-refractivity contribution in [2.75, 3.05) is 32.0 Å². The van der Waals surface area contributed by atoms with Crippen molar-refractivity contribution >= 4 is 29.2 Å². The summed E-state index contributed by atoms with van der Waals surface area (Å²) in [7, 11) is 4.63. The summed E-state index contributed by atoms with van der Waals surface area (Å²) in [6, 6.07) is 12.6. The number of methoxy groups -OCH3 is 3.